The summed E-state index contributed by atoms with van der Waals surface area (Å²) in [6, 6.07) is 49.8. The molecule has 7 aromatic rings. The fraction of sp³-hybridized carbons (Fsp3) is 0.116. The molecule has 0 saturated heterocycles. The number of nitrogens with zero attached hydrogens (tertiary/aromatic N) is 1. The zero-order valence-corrected chi connectivity index (χ0v) is 25.7. The van der Waals surface area contributed by atoms with Crippen LogP contribution in [-0.2, 0) is 0 Å². The summed E-state index contributed by atoms with van der Waals surface area (Å²) in [7, 11) is 0. The highest BCUT2D eigenvalue weighted by Crippen LogP contribution is 2.51. The van der Waals surface area contributed by atoms with Crippen LogP contribution in [0.4, 0.5) is 17.1 Å². The molecule has 1 aliphatic rings. The first-order valence-corrected chi connectivity index (χ1v) is 15.6. The Labute approximate surface area is 260 Å². The van der Waals surface area contributed by atoms with Crippen molar-refractivity contribution >= 4 is 38.6 Å². The molecule has 0 spiro atoms. The maximum Gasteiger partial charge on any atom is 0.0468 e. The molecule has 0 heterocycles. The van der Waals surface area contributed by atoms with E-state index in [0.717, 1.165) is 0 Å². The van der Waals surface area contributed by atoms with Crippen LogP contribution in [0, 0.1) is 13.8 Å². The molecule has 212 valence electrons. The van der Waals surface area contributed by atoms with Gasteiger partial charge in [0.1, 0.15) is 0 Å². The number of fused-ring (bicyclic) bond motifs is 6. The second kappa shape index (κ2) is 10.2. The lowest BCUT2D eigenvalue weighted by Crippen LogP contribution is -2.11. The van der Waals surface area contributed by atoms with Crippen LogP contribution >= 0.6 is 0 Å². The lowest BCUT2D eigenvalue weighted by molar-refractivity contribution is 0.866. The first-order valence-electron chi connectivity index (χ1n) is 15.6. The molecule has 0 aliphatic heterocycles. The number of benzene rings is 7. The normalized spacial score (nSPS) is 11.8. The number of rotatable bonds is 5. The molecular formula is C43H35N. The molecule has 0 saturated carbocycles. The number of hydrogen-bond acceptors (Lipinski definition) is 1. The highest BCUT2D eigenvalue weighted by atomic mass is 15.1. The fourth-order valence-corrected chi connectivity index (χ4v) is 6.91. The third-order valence-corrected chi connectivity index (χ3v) is 9.14. The monoisotopic (exact) mass is 565 g/mol. The molecule has 7 aromatic carbocycles. The molecule has 44 heavy (non-hydrogen) atoms. The average molecular weight is 566 g/mol. The molecule has 0 atom stereocenters. The number of anilines is 3. The van der Waals surface area contributed by atoms with E-state index < -0.39 is 0 Å². The summed E-state index contributed by atoms with van der Waals surface area (Å²) >= 11 is 0. The van der Waals surface area contributed by atoms with Gasteiger partial charge < -0.3 is 4.90 Å². The van der Waals surface area contributed by atoms with Crippen molar-refractivity contribution in [3.8, 4) is 33.4 Å². The molecule has 1 aliphatic carbocycles. The van der Waals surface area contributed by atoms with Gasteiger partial charge in [-0.2, -0.15) is 0 Å². The molecule has 0 unspecified atom stereocenters. The van der Waals surface area contributed by atoms with Gasteiger partial charge in [0.2, 0.25) is 0 Å². The Morgan fingerprint density at radius 2 is 1.00 bits per heavy atom. The second-order valence-corrected chi connectivity index (χ2v) is 12.7. The first kappa shape index (κ1) is 26.5. The zero-order chi connectivity index (χ0) is 29.9. The first-order chi connectivity index (χ1) is 21.4. The van der Waals surface area contributed by atoms with Crippen LogP contribution in [0.25, 0.3) is 54.9 Å². The van der Waals surface area contributed by atoms with Gasteiger partial charge in [-0.25, -0.2) is 0 Å². The molecule has 0 N–H and O–H groups in total. The van der Waals surface area contributed by atoms with E-state index in [0.29, 0.717) is 5.92 Å². The summed E-state index contributed by atoms with van der Waals surface area (Å²) in [5.74, 6) is 0.465. The molecule has 0 bridgehead atoms. The van der Waals surface area contributed by atoms with E-state index in [1.165, 1.54) is 88.7 Å². The van der Waals surface area contributed by atoms with E-state index >= 15 is 0 Å². The van der Waals surface area contributed by atoms with Crippen LogP contribution in [0.3, 0.4) is 0 Å². The Hall–Kier alpha value is -5.14. The number of aryl methyl sites for hydroxylation is 2. The summed E-state index contributed by atoms with van der Waals surface area (Å²) in [4.78, 5) is 2.41. The standard InChI is InChI=1S/C43H35N/c1-27(2)31-11-8-12-37(21-31)44(39-18-28(3)17-29(4)19-39)38-16-15-34-24-41-42-25-35-20-32(30-9-6-5-7-10-30)13-14-33(35)23-40(42)43(41)26-36(34)22-38/h5-27H,1-4H3. The van der Waals surface area contributed by atoms with Gasteiger partial charge in [0.15, 0.2) is 0 Å². The van der Waals surface area contributed by atoms with Gasteiger partial charge in [-0.1, -0.05) is 80.6 Å². The SMILES string of the molecule is Cc1cc(C)cc(N(c2cccc(C(C)C)c2)c2ccc3cc4c(cc3c2)-c2cc3ccc(-c5ccccc5)cc3cc2-4)c1. The summed E-state index contributed by atoms with van der Waals surface area (Å²) in [6.45, 7) is 8.89. The minimum Gasteiger partial charge on any atom is -0.310 e. The summed E-state index contributed by atoms with van der Waals surface area (Å²) in [6.07, 6.45) is 0. The highest BCUT2D eigenvalue weighted by molar-refractivity contribution is 6.12. The van der Waals surface area contributed by atoms with Crippen molar-refractivity contribution in [2.45, 2.75) is 33.6 Å². The van der Waals surface area contributed by atoms with E-state index in [1.54, 1.807) is 0 Å². The minimum absolute atomic E-state index is 0.465. The molecular weight excluding hydrogens is 530 g/mol. The lowest BCUT2D eigenvalue weighted by atomic mass is 9.77. The Morgan fingerprint density at radius 1 is 0.409 bits per heavy atom. The van der Waals surface area contributed by atoms with Crippen LogP contribution < -0.4 is 4.90 Å². The Kier molecular flexibility index (Phi) is 6.17. The van der Waals surface area contributed by atoms with Crippen molar-refractivity contribution in [1.29, 1.82) is 0 Å². The molecule has 1 nitrogen and oxygen atoms in total. The third-order valence-electron chi connectivity index (χ3n) is 9.14. The Bertz CT molecular complexity index is 2200. The van der Waals surface area contributed by atoms with Crippen LogP contribution in [0.1, 0.15) is 36.5 Å². The summed E-state index contributed by atoms with van der Waals surface area (Å²) in [5.41, 5.74) is 15.4. The average Bonchev–Trinajstić information content (AvgIpc) is 3.03. The van der Waals surface area contributed by atoms with Gasteiger partial charge in [-0.15, -0.1) is 0 Å². The smallest absolute Gasteiger partial charge is 0.0468 e. The molecule has 1 heteroatoms. The van der Waals surface area contributed by atoms with Gasteiger partial charge in [0.25, 0.3) is 0 Å². The van der Waals surface area contributed by atoms with E-state index in [4.69, 9.17) is 0 Å². The lowest BCUT2D eigenvalue weighted by Gasteiger charge is -2.28. The Balaban J connectivity index is 1.23. The van der Waals surface area contributed by atoms with Gasteiger partial charge in [0.05, 0.1) is 0 Å². The van der Waals surface area contributed by atoms with E-state index in [2.05, 4.69) is 166 Å². The topological polar surface area (TPSA) is 3.24 Å². The molecule has 8 rings (SSSR count). The molecule has 0 radical (unpaired) electrons. The molecule has 0 amide bonds. The van der Waals surface area contributed by atoms with Crippen molar-refractivity contribution in [2.75, 3.05) is 4.90 Å². The number of hydrogen-bond donors (Lipinski definition) is 0. The zero-order valence-electron chi connectivity index (χ0n) is 25.7. The van der Waals surface area contributed by atoms with Crippen LogP contribution in [0.15, 0.2) is 133 Å². The van der Waals surface area contributed by atoms with Crippen molar-refractivity contribution < 1.29 is 0 Å². The van der Waals surface area contributed by atoms with Crippen molar-refractivity contribution in [3.05, 3.63) is 150 Å². The van der Waals surface area contributed by atoms with E-state index in [-0.39, 0.29) is 0 Å². The summed E-state index contributed by atoms with van der Waals surface area (Å²) in [5, 5.41) is 5.11. The Morgan fingerprint density at radius 3 is 1.66 bits per heavy atom. The fourth-order valence-electron chi connectivity index (χ4n) is 6.91. The van der Waals surface area contributed by atoms with Gasteiger partial charge >= 0.3 is 0 Å². The quantitative estimate of drug-likeness (QED) is 0.201. The summed E-state index contributed by atoms with van der Waals surface area (Å²) < 4.78 is 0. The largest absolute Gasteiger partial charge is 0.310 e. The van der Waals surface area contributed by atoms with Crippen molar-refractivity contribution in [3.63, 3.8) is 0 Å². The predicted molar refractivity (Wildman–Crippen MR) is 190 cm³/mol. The third kappa shape index (κ3) is 4.48. The van der Waals surface area contributed by atoms with Gasteiger partial charge in [-0.3, -0.25) is 0 Å². The molecule has 0 aromatic heterocycles. The highest BCUT2D eigenvalue weighted by Gasteiger charge is 2.24. The predicted octanol–water partition coefficient (Wildman–Crippen LogP) is 12.5. The minimum atomic E-state index is 0.465. The maximum atomic E-state index is 2.41. The second-order valence-electron chi connectivity index (χ2n) is 12.7. The maximum absolute atomic E-state index is 2.41. The van der Waals surface area contributed by atoms with Crippen molar-refractivity contribution in [2.24, 2.45) is 0 Å². The van der Waals surface area contributed by atoms with E-state index in [9.17, 15) is 0 Å². The van der Waals surface area contributed by atoms with Crippen LogP contribution in [0.5, 0.6) is 0 Å². The van der Waals surface area contributed by atoms with Crippen LogP contribution in [-0.4, -0.2) is 0 Å². The van der Waals surface area contributed by atoms with E-state index in [1.807, 2.05) is 0 Å². The van der Waals surface area contributed by atoms with Gasteiger partial charge in [-0.05, 0) is 158 Å². The van der Waals surface area contributed by atoms with Crippen LogP contribution in [0.2, 0.25) is 0 Å². The van der Waals surface area contributed by atoms with Gasteiger partial charge in [0, 0.05) is 17.1 Å². The molecule has 0 fully saturated rings. The van der Waals surface area contributed by atoms with Crippen molar-refractivity contribution in [1.82, 2.24) is 0 Å².